The van der Waals surface area contributed by atoms with Crippen molar-refractivity contribution in [1.29, 1.82) is 0 Å². The number of carbonyl (C=O) groups excluding carboxylic acids is 1. The highest BCUT2D eigenvalue weighted by Crippen LogP contribution is 2.31. The van der Waals surface area contributed by atoms with E-state index < -0.39 is 0 Å². The summed E-state index contributed by atoms with van der Waals surface area (Å²) in [6.45, 7) is 4.50. The Bertz CT molecular complexity index is 697. The number of oxazole rings is 1. The largest absolute Gasteiger partial charge is 0.444 e. The zero-order chi connectivity index (χ0) is 16.5. The molecular formula is C18H23N3O2S. The van der Waals surface area contributed by atoms with Gasteiger partial charge in [-0.15, -0.1) is 11.3 Å². The SMILES string of the molecule is CC(=O)N1CCC[C@@H]1[C@@H]1CCCN1Cc1coc(-c2cccs2)n1. The molecule has 2 aliphatic heterocycles. The lowest BCUT2D eigenvalue weighted by atomic mass is 10.0. The topological polar surface area (TPSA) is 49.6 Å². The van der Waals surface area contributed by atoms with Crippen molar-refractivity contribution in [3.8, 4) is 10.8 Å². The quantitative estimate of drug-likeness (QED) is 0.852. The first-order valence-corrected chi connectivity index (χ1v) is 9.60. The molecule has 0 bridgehead atoms. The maximum absolute atomic E-state index is 11.9. The van der Waals surface area contributed by atoms with Crippen LogP contribution in [0.4, 0.5) is 0 Å². The molecular weight excluding hydrogens is 322 g/mol. The van der Waals surface area contributed by atoms with E-state index in [1.807, 2.05) is 17.5 Å². The Hall–Kier alpha value is -1.66. The van der Waals surface area contributed by atoms with E-state index >= 15 is 0 Å². The molecule has 0 spiro atoms. The molecule has 24 heavy (non-hydrogen) atoms. The molecule has 6 heteroatoms. The normalized spacial score (nSPS) is 24.8. The standard InChI is InChI=1S/C18H23N3O2S/c1-13(22)21-9-3-6-16(21)15-5-2-8-20(15)11-14-12-23-18(19-14)17-7-4-10-24-17/h4,7,10,12,15-16H,2-3,5-6,8-9,11H2,1H3/t15-,16+/m0/s1. The summed E-state index contributed by atoms with van der Waals surface area (Å²) in [4.78, 5) is 22.2. The van der Waals surface area contributed by atoms with Crippen LogP contribution < -0.4 is 0 Å². The van der Waals surface area contributed by atoms with Crippen LogP contribution in [0.15, 0.2) is 28.2 Å². The molecule has 2 fully saturated rings. The number of amides is 1. The van der Waals surface area contributed by atoms with Crippen LogP contribution in [0.5, 0.6) is 0 Å². The molecule has 2 aliphatic rings. The monoisotopic (exact) mass is 345 g/mol. The van der Waals surface area contributed by atoms with E-state index in [0.717, 1.165) is 43.0 Å². The molecule has 4 rings (SSSR count). The molecule has 0 unspecified atom stereocenters. The first-order chi connectivity index (χ1) is 11.7. The zero-order valence-electron chi connectivity index (χ0n) is 14.0. The summed E-state index contributed by atoms with van der Waals surface area (Å²) in [7, 11) is 0. The number of carbonyl (C=O) groups is 1. The van der Waals surface area contributed by atoms with Gasteiger partial charge in [0, 0.05) is 32.1 Å². The van der Waals surface area contributed by atoms with Crippen molar-refractivity contribution >= 4 is 17.2 Å². The first kappa shape index (κ1) is 15.8. The number of aromatic nitrogens is 1. The van der Waals surface area contributed by atoms with Crippen molar-refractivity contribution in [2.45, 2.75) is 51.2 Å². The van der Waals surface area contributed by atoms with E-state index in [1.165, 1.54) is 12.8 Å². The van der Waals surface area contributed by atoms with Crippen LogP contribution in [-0.4, -0.2) is 45.9 Å². The summed E-state index contributed by atoms with van der Waals surface area (Å²) < 4.78 is 5.65. The minimum Gasteiger partial charge on any atom is -0.444 e. The maximum Gasteiger partial charge on any atom is 0.236 e. The molecule has 5 nitrogen and oxygen atoms in total. The lowest BCUT2D eigenvalue weighted by molar-refractivity contribution is -0.130. The van der Waals surface area contributed by atoms with Gasteiger partial charge in [0.05, 0.1) is 10.6 Å². The molecule has 1 amide bonds. The molecule has 2 aromatic heterocycles. The van der Waals surface area contributed by atoms with Crippen molar-refractivity contribution in [3.63, 3.8) is 0 Å². The van der Waals surface area contributed by atoms with Crippen LogP contribution in [-0.2, 0) is 11.3 Å². The molecule has 0 radical (unpaired) electrons. The van der Waals surface area contributed by atoms with E-state index in [4.69, 9.17) is 4.42 Å². The molecule has 128 valence electrons. The molecule has 2 aromatic rings. The molecule has 0 aromatic carbocycles. The Kier molecular flexibility index (Phi) is 4.41. The van der Waals surface area contributed by atoms with Gasteiger partial charge in [0.15, 0.2) is 0 Å². The fraction of sp³-hybridized carbons (Fsp3) is 0.556. The second-order valence-electron chi connectivity index (χ2n) is 6.72. The lowest BCUT2D eigenvalue weighted by Crippen LogP contribution is -2.47. The molecule has 0 saturated carbocycles. The van der Waals surface area contributed by atoms with Crippen molar-refractivity contribution < 1.29 is 9.21 Å². The second kappa shape index (κ2) is 6.69. The predicted molar refractivity (Wildman–Crippen MR) is 93.7 cm³/mol. The zero-order valence-corrected chi connectivity index (χ0v) is 14.8. The Morgan fingerprint density at radius 3 is 2.96 bits per heavy atom. The molecule has 2 atom stereocenters. The van der Waals surface area contributed by atoms with Gasteiger partial charge in [-0.1, -0.05) is 6.07 Å². The van der Waals surface area contributed by atoms with Crippen molar-refractivity contribution in [2.75, 3.05) is 13.1 Å². The van der Waals surface area contributed by atoms with Crippen LogP contribution >= 0.6 is 11.3 Å². The van der Waals surface area contributed by atoms with Crippen LogP contribution in [0.3, 0.4) is 0 Å². The van der Waals surface area contributed by atoms with E-state index in [2.05, 4.69) is 14.8 Å². The summed E-state index contributed by atoms with van der Waals surface area (Å²) in [6.07, 6.45) is 6.40. The molecule has 0 aliphatic carbocycles. The Balaban J connectivity index is 1.47. The van der Waals surface area contributed by atoms with Crippen molar-refractivity contribution in [2.24, 2.45) is 0 Å². The number of thiophene rings is 1. The van der Waals surface area contributed by atoms with E-state index in [0.29, 0.717) is 18.0 Å². The summed E-state index contributed by atoms with van der Waals surface area (Å²) in [6, 6.07) is 4.87. The average Bonchev–Trinajstić information content (AvgIpc) is 3.35. The lowest BCUT2D eigenvalue weighted by Gasteiger charge is -2.34. The number of likely N-dealkylation sites (tertiary alicyclic amines) is 2. The third-order valence-corrected chi connectivity index (χ3v) is 6.07. The summed E-state index contributed by atoms with van der Waals surface area (Å²) in [5.74, 6) is 0.924. The third-order valence-electron chi connectivity index (χ3n) is 5.21. The Labute approximate surface area is 146 Å². The first-order valence-electron chi connectivity index (χ1n) is 8.72. The number of rotatable bonds is 4. The van der Waals surface area contributed by atoms with E-state index in [9.17, 15) is 4.79 Å². The second-order valence-corrected chi connectivity index (χ2v) is 7.67. The van der Waals surface area contributed by atoms with Gasteiger partial charge in [-0.25, -0.2) is 4.98 Å². The van der Waals surface area contributed by atoms with Gasteiger partial charge in [-0.2, -0.15) is 0 Å². The third kappa shape index (κ3) is 3.00. The van der Waals surface area contributed by atoms with E-state index in [-0.39, 0.29) is 5.91 Å². The van der Waals surface area contributed by atoms with Crippen LogP contribution in [0.25, 0.3) is 10.8 Å². The fourth-order valence-electron chi connectivity index (χ4n) is 4.17. The Morgan fingerprint density at radius 1 is 1.33 bits per heavy atom. The van der Waals surface area contributed by atoms with Gasteiger partial charge in [0.2, 0.25) is 11.8 Å². The van der Waals surface area contributed by atoms with Crippen LogP contribution in [0, 0.1) is 0 Å². The van der Waals surface area contributed by atoms with Crippen LogP contribution in [0.1, 0.15) is 38.3 Å². The summed E-state index contributed by atoms with van der Waals surface area (Å²) in [5, 5.41) is 2.03. The summed E-state index contributed by atoms with van der Waals surface area (Å²) >= 11 is 1.64. The average molecular weight is 345 g/mol. The van der Waals surface area contributed by atoms with E-state index in [1.54, 1.807) is 24.5 Å². The van der Waals surface area contributed by atoms with Crippen LogP contribution in [0.2, 0.25) is 0 Å². The van der Waals surface area contributed by atoms with Gasteiger partial charge in [-0.3, -0.25) is 9.69 Å². The van der Waals surface area contributed by atoms with Gasteiger partial charge < -0.3 is 9.32 Å². The summed E-state index contributed by atoms with van der Waals surface area (Å²) in [5.41, 5.74) is 0.984. The van der Waals surface area contributed by atoms with Crippen molar-refractivity contribution in [1.82, 2.24) is 14.8 Å². The number of hydrogen-bond donors (Lipinski definition) is 0. The molecule has 0 N–H and O–H groups in total. The Morgan fingerprint density at radius 2 is 2.17 bits per heavy atom. The minimum atomic E-state index is 0.214. The van der Waals surface area contributed by atoms with Gasteiger partial charge in [0.25, 0.3) is 0 Å². The maximum atomic E-state index is 11.9. The highest BCUT2D eigenvalue weighted by molar-refractivity contribution is 7.13. The molecule has 4 heterocycles. The van der Waals surface area contributed by atoms with Gasteiger partial charge in [-0.05, 0) is 43.7 Å². The smallest absolute Gasteiger partial charge is 0.236 e. The molecule has 2 saturated heterocycles. The number of hydrogen-bond acceptors (Lipinski definition) is 5. The fourth-order valence-corrected chi connectivity index (χ4v) is 4.82. The predicted octanol–water partition coefficient (Wildman–Crippen LogP) is 3.38. The number of nitrogens with zero attached hydrogens (tertiary/aromatic N) is 3. The highest BCUT2D eigenvalue weighted by Gasteiger charge is 2.38. The van der Waals surface area contributed by atoms with Crippen molar-refractivity contribution in [3.05, 3.63) is 29.5 Å². The van der Waals surface area contributed by atoms with Gasteiger partial charge in [0.1, 0.15) is 6.26 Å². The highest BCUT2D eigenvalue weighted by atomic mass is 32.1. The minimum absolute atomic E-state index is 0.214. The van der Waals surface area contributed by atoms with Gasteiger partial charge >= 0.3 is 0 Å².